The number of hydrogen-bond donors (Lipinski definition) is 1. The predicted octanol–water partition coefficient (Wildman–Crippen LogP) is 1.25. The lowest BCUT2D eigenvalue weighted by molar-refractivity contribution is -0.139. The summed E-state index contributed by atoms with van der Waals surface area (Å²) in [4.78, 5) is 31.2. The average Bonchev–Trinajstić information content (AvgIpc) is 3.06. The van der Waals surface area contributed by atoms with Gasteiger partial charge in [0.2, 0.25) is 5.91 Å². The molecule has 8 heteroatoms. The maximum atomic E-state index is 12.5. The molecule has 2 amide bonds. The molecule has 1 saturated heterocycles. The second-order valence-electron chi connectivity index (χ2n) is 6.56. The van der Waals surface area contributed by atoms with Gasteiger partial charge < -0.3 is 14.8 Å². The van der Waals surface area contributed by atoms with Crippen LogP contribution in [0, 0.1) is 12.8 Å². The Balaban J connectivity index is 1.79. The van der Waals surface area contributed by atoms with E-state index < -0.39 is 0 Å². The number of piperidine rings is 1. The van der Waals surface area contributed by atoms with E-state index in [1.54, 1.807) is 19.2 Å². The summed E-state index contributed by atoms with van der Waals surface area (Å²) in [6.45, 7) is 4.83. The molecule has 138 valence electrons. The molecule has 0 unspecified atom stereocenters. The molecule has 1 N–H and O–H groups in total. The number of aromatic nitrogens is 4. The predicted molar refractivity (Wildman–Crippen MR) is 95.2 cm³/mol. The van der Waals surface area contributed by atoms with E-state index in [9.17, 15) is 9.59 Å². The van der Waals surface area contributed by atoms with Crippen LogP contribution in [0.2, 0.25) is 0 Å². The molecule has 0 bridgehead atoms. The minimum atomic E-state index is -0.170. The zero-order valence-electron chi connectivity index (χ0n) is 15.3. The fraction of sp³-hybridized carbons (Fsp3) is 0.500. The first-order valence-electron chi connectivity index (χ1n) is 8.86. The Labute approximate surface area is 152 Å². The number of carbonyl (C=O) groups is 2. The Kier molecular flexibility index (Phi) is 5.29. The summed E-state index contributed by atoms with van der Waals surface area (Å²) in [6.07, 6.45) is 6.34. The van der Waals surface area contributed by atoms with E-state index in [-0.39, 0.29) is 23.8 Å². The minimum absolute atomic E-state index is 0.104. The van der Waals surface area contributed by atoms with Crippen molar-refractivity contribution in [3.63, 3.8) is 0 Å². The monoisotopic (exact) mass is 356 g/mol. The van der Waals surface area contributed by atoms with E-state index in [4.69, 9.17) is 0 Å². The molecule has 26 heavy (non-hydrogen) atoms. The van der Waals surface area contributed by atoms with Gasteiger partial charge in [-0.3, -0.25) is 9.59 Å². The summed E-state index contributed by atoms with van der Waals surface area (Å²) in [5.41, 5.74) is 1.12. The normalized spacial score (nSPS) is 20.3. The molecule has 0 aliphatic carbocycles. The summed E-state index contributed by atoms with van der Waals surface area (Å²) in [5, 5.41) is 10.7. The van der Waals surface area contributed by atoms with Crippen molar-refractivity contribution in [3.8, 4) is 0 Å². The first kappa shape index (κ1) is 18.0. The minimum Gasteiger partial charge on any atom is -0.352 e. The van der Waals surface area contributed by atoms with Crippen molar-refractivity contribution in [3.05, 3.63) is 41.7 Å². The number of aryl methyl sites for hydroxylation is 2. The number of nitrogens with zero attached hydrogens (tertiary/aromatic N) is 5. The summed E-state index contributed by atoms with van der Waals surface area (Å²) >= 11 is 0. The molecular formula is C18H24N6O2. The van der Waals surface area contributed by atoms with Crippen LogP contribution in [0.25, 0.3) is 0 Å². The Morgan fingerprint density at radius 3 is 2.85 bits per heavy atom. The highest BCUT2D eigenvalue weighted by atomic mass is 16.2. The first-order valence-corrected chi connectivity index (χ1v) is 8.86. The molecule has 3 heterocycles. The number of amides is 2. The molecule has 3 rings (SSSR count). The highest BCUT2D eigenvalue weighted by molar-refractivity contribution is 5.95. The highest BCUT2D eigenvalue weighted by Crippen LogP contribution is 2.35. The summed E-state index contributed by atoms with van der Waals surface area (Å²) < 4.78 is 1.94. The molecule has 8 nitrogen and oxygen atoms in total. The third-order valence-corrected chi connectivity index (χ3v) is 4.97. The van der Waals surface area contributed by atoms with Crippen LogP contribution in [0.4, 0.5) is 0 Å². The third-order valence-electron chi connectivity index (χ3n) is 4.97. The summed E-state index contributed by atoms with van der Waals surface area (Å²) in [7, 11) is 1.93. The van der Waals surface area contributed by atoms with Gasteiger partial charge in [0.05, 0.1) is 23.5 Å². The van der Waals surface area contributed by atoms with E-state index in [0.717, 1.165) is 12.2 Å². The van der Waals surface area contributed by atoms with Crippen molar-refractivity contribution in [2.75, 3.05) is 13.1 Å². The largest absolute Gasteiger partial charge is 0.352 e. The van der Waals surface area contributed by atoms with Gasteiger partial charge in [0.1, 0.15) is 5.82 Å². The van der Waals surface area contributed by atoms with Crippen LogP contribution >= 0.6 is 0 Å². The zero-order chi connectivity index (χ0) is 18.7. The quantitative estimate of drug-likeness (QED) is 0.870. The van der Waals surface area contributed by atoms with Crippen LogP contribution in [0.5, 0.6) is 0 Å². The maximum Gasteiger partial charge on any atom is 0.253 e. The lowest BCUT2D eigenvalue weighted by atomic mass is 9.87. The van der Waals surface area contributed by atoms with E-state index >= 15 is 0 Å². The molecular weight excluding hydrogens is 332 g/mol. The zero-order valence-corrected chi connectivity index (χ0v) is 15.3. The Bertz CT molecular complexity index is 802. The van der Waals surface area contributed by atoms with Crippen LogP contribution in [-0.2, 0) is 11.8 Å². The van der Waals surface area contributed by atoms with Gasteiger partial charge in [-0.1, -0.05) is 0 Å². The number of nitrogens with one attached hydrogen (secondary N) is 1. The van der Waals surface area contributed by atoms with Gasteiger partial charge in [-0.25, -0.2) is 4.98 Å². The average molecular weight is 356 g/mol. The van der Waals surface area contributed by atoms with Gasteiger partial charge in [-0.2, -0.15) is 10.2 Å². The van der Waals surface area contributed by atoms with Crippen molar-refractivity contribution < 1.29 is 9.59 Å². The molecule has 1 aliphatic rings. The van der Waals surface area contributed by atoms with Gasteiger partial charge in [0, 0.05) is 44.9 Å². The van der Waals surface area contributed by atoms with Crippen LogP contribution in [0.3, 0.4) is 0 Å². The van der Waals surface area contributed by atoms with Crippen LogP contribution in [-0.4, -0.2) is 49.6 Å². The van der Waals surface area contributed by atoms with Crippen LogP contribution in [0.1, 0.15) is 47.7 Å². The number of hydrogen-bond acceptors (Lipinski definition) is 5. The number of rotatable bonds is 5. The van der Waals surface area contributed by atoms with E-state index in [1.807, 2.05) is 29.6 Å². The van der Waals surface area contributed by atoms with E-state index in [2.05, 4.69) is 20.5 Å². The summed E-state index contributed by atoms with van der Waals surface area (Å²) in [6, 6.07) is 1.52. The van der Waals surface area contributed by atoms with Gasteiger partial charge in [0.15, 0.2) is 0 Å². The van der Waals surface area contributed by atoms with Crippen molar-refractivity contribution in [2.45, 2.75) is 32.7 Å². The molecule has 2 aromatic heterocycles. The second-order valence-corrected chi connectivity index (χ2v) is 6.56. The van der Waals surface area contributed by atoms with E-state index in [0.29, 0.717) is 30.8 Å². The van der Waals surface area contributed by atoms with Crippen molar-refractivity contribution in [1.29, 1.82) is 0 Å². The smallest absolute Gasteiger partial charge is 0.253 e. The topological polar surface area (TPSA) is 93.0 Å². The molecule has 2 aromatic rings. The van der Waals surface area contributed by atoms with Gasteiger partial charge in [-0.05, 0) is 26.3 Å². The van der Waals surface area contributed by atoms with Gasteiger partial charge >= 0.3 is 0 Å². The Morgan fingerprint density at radius 2 is 2.19 bits per heavy atom. The van der Waals surface area contributed by atoms with Crippen molar-refractivity contribution in [2.24, 2.45) is 13.0 Å². The molecule has 0 radical (unpaired) electrons. The van der Waals surface area contributed by atoms with Crippen molar-refractivity contribution >= 4 is 11.8 Å². The molecule has 1 aliphatic heterocycles. The van der Waals surface area contributed by atoms with Gasteiger partial charge in [-0.15, -0.1) is 0 Å². The maximum absolute atomic E-state index is 12.5. The molecule has 1 fully saturated rings. The molecule has 0 saturated carbocycles. The molecule has 0 aromatic carbocycles. The first-order chi connectivity index (χ1) is 12.5. The Morgan fingerprint density at radius 1 is 1.38 bits per heavy atom. The van der Waals surface area contributed by atoms with E-state index in [1.165, 1.54) is 6.20 Å². The second kappa shape index (κ2) is 7.63. The standard InChI is InChI=1S/C18H24N6O2/c1-4-24-15(25)6-5-13(16(24)17-19-9-10-23(17)3)11-20-18(26)14-7-8-21-22-12(14)2/h7-10,13,16H,4-6,11H2,1-3H3,(H,20,26)/t13-,16+/m1/s1. The highest BCUT2D eigenvalue weighted by Gasteiger charge is 2.38. The SMILES string of the molecule is CCN1C(=O)CC[C@H](CNC(=O)c2ccnnc2C)[C@H]1c1nccn1C. The van der Waals surface area contributed by atoms with Gasteiger partial charge in [0.25, 0.3) is 5.91 Å². The fourth-order valence-electron chi connectivity index (χ4n) is 3.58. The van der Waals surface area contributed by atoms with Crippen LogP contribution < -0.4 is 5.32 Å². The number of carbonyl (C=O) groups excluding carboxylic acids is 2. The number of imidazole rings is 1. The lowest BCUT2D eigenvalue weighted by Gasteiger charge is -2.40. The summed E-state index contributed by atoms with van der Waals surface area (Å²) in [5.74, 6) is 0.918. The Hall–Kier alpha value is -2.77. The number of likely N-dealkylation sites (tertiary alicyclic amines) is 1. The fourth-order valence-corrected chi connectivity index (χ4v) is 3.58. The van der Waals surface area contributed by atoms with Crippen LogP contribution in [0.15, 0.2) is 24.7 Å². The molecule has 0 spiro atoms. The lowest BCUT2D eigenvalue weighted by Crippen LogP contribution is -2.47. The third kappa shape index (κ3) is 3.44. The molecule has 2 atom stereocenters. The van der Waals surface area contributed by atoms with Crippen molar-refractivity contribution in [1.82, 2.24) is 30.0 Å².